The van der Waals surface area contributed by atoms with Gasteiger partial charge in [0.1, 0.15) is 5.82 Å². The minimum Gasteiger partial charge on any atom is -0.342 e. The van der Waals surface area contributed by atoms with Gasteiger partial charge in [-0.25, -0.2) is 4.98 Å². The Morgan fingerprint density at radius 2 is 1.83 bits per heavy atom. The second-order valence-corrected chi connectivity index (χ2v) is 8.50. The van der Waals surface area contributed by atoms with Crippen molar-refractivity contribution in [3.05, 3.63) is 104 Å². The molecule has 1 N–H and O–H groups in total. The van der Waals surface area contributed by atoms with Gasteiger partial charge >= 0.3 is 0 Å². The van der Waals surface area contributed by atoms with Gasteiger partial charge in [-0.3, -0.25) is 14.2 Å². The predicted octanol–water partition coefficient (Wildman–Crippen LogP) is 4.83. The molecule has 7 heteroatoms. The zero-order chi connectivity index (χ0) is 20.8. The molecule has 1 aliphatic heterocycles. The Morgan fingerprint density at radius 3 is 2.63 bits per heavy atom. The first-order valence-electron chi connectivity index (χ1n) is 9.38. The summed E-state index contributed by atoms with van der Waals surface area (Å²) in [7, 11) is 0. The third-order valence-corrected chi connectivity index (χ3v) is 5.93. The van der Waals surface area contributed by atoms with Crippen molar-refractivity contribution < 1.29 is 4.79 Å². The number of hydrogen-bond donors (Lipinski definition) is 1. The third-order valence-electron chi connectivity index (χ3n) is 5.20. The molecule has 4 aromatic rings. The second-order valence-electron chi connectivity index (χ2n) is 7.15. The van der Waals surface area contributed by atoms with Gasteiger partial charge in [0.2, 0.25) is 0 Å². The van der Waals surface area contributed by atoms with E-state index in [1.165, 1.54) is 4.57 Å². The Kier molecular flexibility index (Phi) is 4.68. The molecule has 0 aliphatic carbocycles. The van der Waals surface area contributed by atoms with E-state index < -0.39 is 6.04 Å². The Bertz CT molecular complexity index is 1370. The molecule has 5 nitrogen and oxygen atoms in total. The molecule has 1 atom stereocenters. The monoisotopic (exact) mass is 479 g/mol. The van der Waals surface area contributed by atoms with Crippen molar-refractivity contribution >= 4 is 44.3 Å². The molecule has 0 radical (unpaired) electrons. The Morgan fingerprint density at radius 1 is 1.03 bits per heavy atom. The summed E-state index contributed by atoms with van der Waals surface area (Å²) >= 11 is 9.65. The summed E-state index contributed by atoms with van der Waals surface area (Å²) in [5.41, 5.74) is 2.18. The molecule has 0 spiro atoms. The van der Waals surface area contributed by atoms with E-state index in [2.05, 4.69) is 21.2 Å². The van der Waals surface area contributed by atoms with E-state index in [-0.39, 0.29) is 11.5 Å². The predicted molar refractivity (Wildman–Crippen MR) is 120 cm³/mol. The zero-order valence-electron chi connectivity index (χ0n) is 15.6. The van der Waals surface area contributed by atoms with E-state index in [9.17, 15) is 9.59 Å². The van der Waals surface area contributed by atoms with Gasteiger partial charge in [-0.1, -0.05) is 57.9 Å². The number of benzene rings is 3. The molecule has 1 amide bonds. The van der Waals surface area contributed by atoms with Crippen molar-refractivity contribution in [1.29, 1.82) is 0 Å². The van der Waals surface area contributed by atoms with Gasteiger partial charge in [-0.05, 0) is 48.4 Å². The highest BCUT2D eigenvalue weighted by atomic mass is 79.9. The summed E-state index contributed by atoms with van der Waals surface area (Å²) in [5.74, 6) is 0.214. The van der Waals surface area contributed by atoms with Crippen LogP contribution in [-0.4, -0.2) is 15.5 Å². The normalized spacial score (nSPS) is 15.3. The summed E-state index contributed by atoms with van der Waals surface area (Å²) in [6.45, 7) is 0. The molecule has 0 saturated heterocycles. The van der Waals surface area contributed by atoms with Gasteiger partial charge in [-0.2, -0.15) is 0 Å². The van der Waals surface area contributed by atoms with Crippen molar-refractivity contribution in [2.45, 2.75) is 12.5 Å². The molecule has 0 saturated carbocycles. The number of nitrogens with one attached hydrogen (secondary N) is 1. The number of halogens is 2. The van der Waals surface area contributed by atoms with Crippen molar-refractivity contribution in [2.75, 3.05) is 0 Å². The number of amides is 1. The largest absolute Gasteiger partial charge is 0.342 e. The quantitative estimate of drug-likeness (QED) is 0.447. The summed E-state index contributed by atoms with van der Waals surface area (Å²) in [6, 6.07) is 19.6. The average Bonchev–Trinajstić information content (AvgIpc) is 2.84. The van der Waals surface area contributed by atoms with Gasteiger partial charge in [0, 0.05) is 9.50 Å². The molecule has 0 bridgehead atoms. The number of hydrogen-bond acceptors (Lipinski definition) is 3. The molecule has 2 heterocycles. The number of nitrogens with zero attached hydrogens (tertiary/aromatic N) is 2. The van der Waals surface area contributed by atoms with Crippen molar-refractivity contribution in [3.63, 3.8) is 0 Å². The van der Waals surface area contributed by atoms with Gasteiger partial charge in [0.05, 0.1) is 28.2 Å². The van der Waals surface area contributed by atoms with Crippen LogP contribution in [0.3, 0.4) is 0 Å². The van der Waals surface area contributed by atoms with Crippen LogP contribution in [0, 0.1) is 0 Å². The molecule has 5 rings (SSSR count). The molecule has 1 aromatic heterocycles. The lowest BCUT2D eigenvalue weighted by Crippen LogP contribution is -2.31. The molecule has 1 aliphatic rings. The summed E-state index contributed by atoms with van der Waals surface area (Å²) in [4.78, 5) is 31.4. The van der Waals surface area contributed by atoms with Crippen LogP contribution in [0.1, 0.15) is 27.8 Å². The number of rotatable bonds is 2. The molecule has 3 aromatic carbocycles. The zero-order valence-corrected chi connectivity index (χ0v) is 17.9. The summed E-state index contributed by atoms with van der Waals surface area (Å²) in [5, 5.41) is 3.95. The smallest absolute Gasteiger partial charge is 0.266 e. The second kappa shape index (κ2) is 7.38. The lowest BCUT2D eigenvalue weighted by Gasteiger charge is -2.19. The highest BCUT2D eigenvalue weighted by Crippen LogP contribution is 2.29. The first-order chi connectivity index (χ1) is 14.5. The SMILES string of the molecule is O=C1NC(Cc2ccccc2)c2nc3ccc(Br)cc3c(=O)n2-c2cc(Cl)ccc21. The van der Waals surface area contributed by atoms with E-state index in [1.807, 2.05) is 36.4 Å². The first kappa shape index (κ1) is 19.0. The summed E-state index contributed by atoms with van der Waals surface area (Å²) < 4.78 is 2.30. The van der Waals surface area contributed by atoms with Gasteiger partial charge < -0.3 is 5.32 Å². The van der Waals surface area contributed by atoms with Crippen molar-refractivity contribution in [2.24, 2.45) is 0 Å². The van der Waals surface area contributed by atoms with Gasteiger partial charge in [0.15, 0.2) is 0 Å². The molecule has 0 fully saturated rings. The minimum absolute atomic E-state index is 0.241. The number of aromatic nitrogens is 2. The van der Waals surface area contributed by atoms with Crippen LogP contribution in [0.2, 0.25) is 5.02 Å². The number of carbonyl (C=O) groups excluding carboxylic acids is 1. The maximum atomic E-state index is 13.6. The maximum absolute atomic E-state index is 13.6. The highest BCUT2D eigenvalue weighted by Gasteiger charge is 2.30. The molecule has 1 unspecified atom stereocenters. The van der Waals surface area contributed by atoms with E-state index in [4.69, 9.17) is 16.6 Å². The van der Waals surface area contributed by atoms with Crippen LogP contribution in [0.15, 0.2) is 76.0 Å². The highest BCUT2D eigenvalue weighted by molar-refractivity contribution is 9.10. The Hall–Kier alpha value is -2.96. The molecule has 148 valence electrons. The molecule has 30 heavy (non-hydrogen) atoms. The summed E-state index contributed by atoms with van der Waals surface area (Å²) in [6.07, 6.45) is 0.503. The fourth-order valence-corrected chi connectivity index (χ4v) is 4.34. The lowest BCUT2D eigenvalue weighted by atomic mass is 10.0. The van der Waals surface area contributed by atoms with E-state index in [0.717, 1.165) is 10.0 Å². The van der Waals surface area contributed by atoms with Crippen LogP contribution in [-0.2, 0) is 6.42 Å². The first-order valence-corrected chi connectivity index (χ1v) is 10.6. The fourth-order valence-electron chi connectivity index (χ4n) is 3.82. The minimum atomic E-state index is -0.480. The van der Waals surface area contributed by atoms with E-state index >= 15 is 0 Å². The Balaban J connectivity index is 1.83. The molecular formula is C23H15BrClN3O2. The number of carbonyl (C=O) groups is 1. The maximum Gasteiger partial charge on any atom is 0.266 e. The number of fused-ring (bicyclic) bond motifs is 4. The third kappa shape index (κ3) is 3.22. The van der Waals surface area contributed by atoms with Crippen LogP contribution in [0.5, 0.6) is 0 Å². The van der Waals surface area contributed by atoms with Crippen LogP contribution >= 0.6 is 27.5 Å². The van der Waals surface area contributed by atoms with E-state index in [1.54, 1.807) is 30.3 Å². The van der Waals surface area contributed by atoms with Crippen LogP contribution in [0.4, 0.5) is 0 Å². The van der Waals surface area contributed by atoms with E-state index in [0.29, 0.717) is 39.4 Å². The van der Waals surface area contributed by atoms with Crippen LogP contribution < -0.4 is 10.9 Å². The van der Waals surface area contributed by atoms with Crippen molar-refractivity contribution in [1.82, 2.24) is 14.9 Å². The molecular weight excluding hydrogens is 466 g/mol. The van der Waals surface area contributed by atoms with Gasteiger partial charge in [0.25, 0.3) is 11.5 Å². The van der Waals surface area contributed by atoms with Crippen LogP contribution in [0.25, 0.3) is 16.6 Å². The lowest BCUT2D eigenvalue weighted by molar-refractivity contribution is 0.0938. The average molecular weight is 481 g/mol. The fraction of sp³-hybridized carbons (Fsp3) is 0.0870. The standard InChI is InChI=1S/C23H15BrClN3O2/c24-14-6-9-18-17(11-14)23(30)28-20-12-15(25)7-8-16(20)22(29)27-19(21(28)26-18)10-13-4-2-1-3-5-13/h1-9,11-12,19H,10H2,(H,27,29). The van der Waals surface area contributed by atoms with Gasteiger partial charge in [-0.15, -0.1) is 0 Å². The Labute approximate surface area is 185 Å². The van der Waals surface area contributed by atoms with Crippen molar-refractivity contribution in [3.8, 4) is 5.69 Å². The topological polar surface area (TPSA) is 64.0 Å².